The molecule has 2 aromatic carbocycles. The molecule has 0 aliphatic carbocycles. The van der Waals surface area contributed by atoms with Crippen molar-refractivity contribution in [1.82, 2.24) is 4.31 Å². The highest BCUT2D eigenvalue weighted by Crippen LogP contribution is 2.31. The van der Waals surface area contributed by atoms with Crippen molar-refractivity contribution >= 4 is 33.6 Å². The first-order valence-electron chi connectivity index (χ1n) is 9.72. The Morgan fingerprint density at radius 3 is 2.31 bits per heavy atom. The highest BCUT2D eigenvalue weighted by molar-refractivity contribution is 7.88. The Morgan fingerprint density at radius 1 is 1.12 bits per heavy atom. The summed E-state index contributed by atoms with van der Waals surface area (Å²) in [5, 5.41) is 2.61. The summed E-state index contributed by atoms with van der Waals surface area (Å²) in [4.78, 5) is 24.5. The van der Waals surface area contributed by atoms with Crippen LogP contribution < -0.4 is 15.8 Å². The number of anilines is 1. The molecule has 11 heteroatoms. The van der Waals surface area contributed by atoms with Gasteiger partial charge in [-0.25, -0.2) is 4.79 Å². The number of esters is 1. The second-order valence-corrected chi connectivity index (χ2v) is 8.84. The molecule has 1 atom stereocenters. The van der Waals surface area contributed by atoms with Crippen LogP contribution in [0, 0.1) is 0 Å². The summed E-state index contributed by atoms with van der Waals surface area (Å²) in [7, 11) is -2.61. The zero-order chi connectivity index (χ0) is 23.5. The largest absolute Gasteiger partial charge is 0.497 e. The van der Waals surface area contributed by atoms with Crippen molar-refractivity contribution in [2.45, 2.75) is 26.0 Å². The van der Waals surface area contributed by atoms with Gasteiger partial charge in [0, 0.05) is 5.69 Å². The zero-order valence-corrected chi connectivity index (χ0v) is 18.6. The van der Waals surface area contributed by atoms with Gasteiger partial charge in [0.15, 0.2) is 0 Å². The van der Waals surface area contributed by atoms with Crippen molar-refractivity contribution in [3.05, 3.63) is 59.7 Å². The molecule has 2 aromatic rings. The lowest BCUT2D eigenvalue weighted by Gasteiger charge is -2.22. The van der Waals surface area contributed by atoms with Crippen molar-refractivity contribution in [2.24, 2.45) is 10.1 Å². The fourth-order valence-corrected chi connectivity index (χ4v) is 4.37. The average molecular weight is 461 g/mol. The molecular weight excluding hydrogens is 436 g/mol. The van der Waals surface area contributed by atoms with E-state index in [9.17, 15) is 18.0 Å². The number of nitrogens with one attached hydrogen (secondary N) is 1. The van der Waals surface area contributed by atoms with Gasteiger partial charge in [-0.15, -0.1) is 4.40 Å². The molecule has 1 amide bonds. The van der Waals surface area contributed by atoms with Crippen LogP contribution in [0.15, 0.2) is 52.9 Å². The van der Waals surface area contributed by atoms with Gasteiger partial charge in [-0.2, -0.15) is 12.7 Å². The molecule has 3 N–H and O–H groups in total. The molecule has 0 unspecified atom stereocenters. The van der Waals surface area contributed by atoms with Crippen LogP contribution in [0.2, 0.25) is 0 Å². The number of benzene rings is 2. The van der Waals surface area contributed by atoms with E-state index in [1.165, 1.54) is 31.4 Å². The predicted molar refractivity (Wildman–Crippen MR) is 119 cm³/mol. The maximum absolute atomic E-state index is 12.6. The van der Waals surface area contributed by atoms with E-state index in [1.54, 1.807) is 38.1 Å². The monoisotopic (exact) mass is 460 g/mol. The van der Waals surface area contributed by atoms with Gasteiger partial charge in [0.05, 0.1) is 25.3 Å². The molecule has 0 radical (unpaired) electrons. The topological polar surface area (TPSA) is 140 Å². The van der Waals surface area contributed by atoms with Crippen LogP contribution in [0.4, 0.5) is 5.69 Å². The van der Waals surface area contributed by atoms with E-state index >= 15 is 0 Å². The Morgan fingerprint density at radius 2 is 1.75 bits per heavy atom. The lowest BCUT2D eigenvalue weighted by atomic mass is 10.1. The molecular formula is C21H24N4O6S. The van der Waals surface area contributed by atoms with E-state index in [4.69, 9.17) is 15.2 Å². The molecule has 3 rings (SSSR count). The van der Waals surface area contributed by atoms with Crippen molar-refractivity contribution in [3.63, 3.8) is 0 Å². The third-order valence-electron chi connectivity index (χ3n) is 4.56. The first kappa shape index (κ1) is 23.2. The van der Waals surface area contributed by atoms with Crippen LogP contribution in [0.25, 0.3) is 0 Å². The molecule has 32 heavy (non-hydrogen) atoms. The van der Waals surface area contributed by atoms with Gasteiger partial charge in [0.1, 0.15) is 17.6 Å². The number of carbonyl (C=O) groups is 2. The lowest BCUT2D eigenvalue weighted by Crippen LogP contribution is -2.39. The minimum absolute atomic E-state index is 0.129. The number of nitrogens with zero attached hydrogens (tertiary/aromatic N) is 2. The second-order valence-electron chi connectivity index (χ2n) is 7.29. The smallest absolute Gasteiger partial charge is 0.338 e. The predicted octanol–water partition coefficient (Wildman–Crippen LogP) is 1.86. The minimum atomic E-state index is -4.12. The highest BCUT2D eigenvalue weighted by Gasteiger charge is 2.41. The van der Waals surface area contributed by atoms with Crippen LogP contribution in [0.5, 0.6) is 5.75 Å². The maximum atomic E-state index is 12.6. The number of carbonyl (C=O) groups excluding carboxylic acids is 2. The van der Waals surface area contributed by atoms with E-state index in [0.29, 0.717) is 22.6 Å². The summed E-state index contributed by atoms with van der Waals surface area (Å²) in [6, 6.07) is 11.8. The Kier molecular flexibility index (Phi) is 6.80. The molecule has 1 heterocycles. The molecule has 10 nitrogen and oxygen atoms in total. The number of nitrogens with two attached hydrogens (primary N) is 1. The molecule has 0 saturated heterocycles. The summed E-state index contributed by atoms with van der Waals surface area (Å²) in [5.74, 6) is -0.600. The molecule has 1 aliphatic rings. The number of hydrogen-bond donors (Lipinski definition) is 2. The quantitative estimate of drug-likeness (QED) is 0.601. The van der Waals surface area contributed by atoms with Crippen molar-refractivity contribution in [3.8, 4) is 5.75 Å². The number of amidine groups is 1. The summed E-state index contributed by atoms with van der Waals surface area (Å²) in [6.07, 6.45) is -0.252. The number of amides is 1. The summed E-state index contributed by atoms with van der Waals surface area (Å²) >= 11 is 0. The maximum Gasteiger partial charge on any atom is 0.338 e. The van der Waals surface area contributed by atoms with E-state index in [2.05, 4.69) is 9.71 Å². The van der Waals surface area contributed by atoms with E-state index in [-0.39, 0.29) is 11.9 Å². The Hall–Kier alpha value is -3.44. The Labute approximate surface area is 186 Å². The fraction of sp³-hybridized carbons (Fsp3) is 0.286. The molecule has 170 valence electrons. The summed E-state index contributed by atoms with van der Waals surface area (Å²) in [6.45, 7) is 2.99. The second kappa shape index (κ2) is 9.37. The molecule has 0 spiro atoms. The van der Waals surface area contributed by atoms with Gasteiger partial charge < -0.3 is 20.5 Å². The van der Waals surface area contributed by atoms with Gasteiger partial charge in [-0.05, 0) is 55.8 Å². The van der Waals surface area contributed by atoms with Crippen LogP contribution in [0.3, 0.4) is 0 Å². The van der Waals surface area contributed by atoms with Crippen LogP contribution in [-0.4, -0.2) is 50.2 Å². The summed E-state index contributed by atoms with van der Waals surface area (Å²) < 4.78 is 39.7. The third kappa shape index (κ3) is 5.24. The van der Waals surface area contributed by atoms with Crippen LogP contribution in [0.1, 0.15) is 35.8 Å². The van der Waals surface area contributed by atoms with Crippen LogP contribution >= 0.6 is 0 Å². The number of ether oxygens (including phenoxy) is 2. The molecule has 1 aliphatic heterocycles. The van der Waals surface area contributed by atoms with Gasteiger partial charge >= 0.3 is 16.2 Å². The SMILES string of the molecule is COc1ccc([C@@H]2C(N)=NS(=O)(=O)N2CC(=O)Nc2ccc(C(=O)OC(C)C)cc2)cc1. The van der Waals surface area contributed by atoms with E-state index in [0.717, 1.165) is 4.31 Å². The van der Waals surface area contributed by atoms with Gasteiger partial charge in [0.2, 0.25) is 5.91 Å². The Balaban J connectivity index is 1.72. The van der Waals surface area contributed by atoms with Crippen molar-refractivity contribution in [2.75, 3.05) is 19.0 Å². The zero-order valence-electron chi connectivity index (χ0n) is 17.8. The third-order valence-corrected chi connectivity index (χ3v) is 5.94. The minimum Gasteiger partial charge on any atom is -0.497 e. The lowest BCUT2D eigenvalue weighted by molar-refractivity contribution is -0.116. The van der Waals surface area contributed by atoms with E-state index in [1.807, 2.05) is 0 Å². The molecule has 0 fully saturated rings. The molecule has 0 bridgehead atoms. The number of rotatable bonds is 7. The van der Waals surface area contributed by atoms with Gasteiger partial charge in [-0.1, -0.05) is 12.1 Å². The standard InChI is InChI=1S/C21H24N4O6S/c1-13(2)31-21(27)15-4-8-16(9-5-15)23-18(26)12-25-19(20(22)24-32(25,28)29)14-6-10-17(30-3)11-7-14/h4-11,13,19H,12H2,1-3H3,(H2,22,24)(H,23,26)/t19-/m1/s1. The molecule has 0 aromatic heterocycles. The fourth-order valence-electron chi connectivity index (χ4n) is 3.13. The number of methoxy groups -OCH3 is 1. The Bertz CT molecular complexity index is 1130. The first-order chi connectivity index (χ1) is 15.1. The van der Waals surface area contributed by atoms with Crippen LogP contribution in [-0.2, 0) is 19.7 Å². The number of hydrogen-bond acceptors (Lipinski definition) is 7. The normalized spacial score (nSPS) is 17.6. The van der Waals surface area contributed by atoms with Gasteiger partial charge in [0.25, 0.3) is 0 Å². The average Bonchev–Trinajstić information content (AvgIpc) is 2.95. The molecule has 0 saturated carbocycles. The van der Waals surface area contributed by atoms with Crippen molar-refractivity contribution < 1.29 is 27.5 Å². The van der Waals surface area contributed by atoms with E-state index < -0.39 is 34.7 Å². The summed E-state index contributed by atoms with van der Waals surface area (Å²) in [5.41, 5.74) is 7.15. The first-order valence-corrected chi connectivity index (χ1v) is 11.1. The van der Waals surface area contributed by atoms with Crippen molar-refractivity contribution in [1.29, 1.82) is 0 Å². The highest BCUT2D eigenvalue weighted by atomic mass is 32.2. The van der Waals surface area contributed by atoms with Gasteiger partial charge in [-0.3, -0.25) is 4.79 Å².